The fraction of sp³-hybridized carbons (Fsp3) is 0.500. The van der Waals surface area contributed by atoms with Crippen molar-refractivity contribution in [2.75, 3.05) is 13.2 Å². The molecule has 1 atom stereocenters. The summed E-state index contributed by atoms with van der Waals surface area (Å²) in [7, 11) is 0. The van der Waals surface area contributed by atoms with Gasteiger partial charge in [-0.15, -0.1) is 0 Å². The number of rotatable bonds is 4. The molecule has 5 heteroatoms. The van der Waals surface area contributed by atoms with Crippen LogP contribution in [0.3, 0.4) is 0 Å². The molecule has 1 unspecified atom stereocenters. The number of fused-ring (bicyclic) bond motifs is 1. The Morgan fingerprint density at radius 1 is 1.32 bits per heavy atom. The standard InChI is InChI=1S/C14H18O5/c1-9(2)14(17,8-13(15)16)10-3-4-11-12(7-10)19-6-5-18-11/h3-4,7,9,17H,5-6,8H2,1-2H3,(H,15,16). The van der Waals surface area contributed by atoms with E-state index in [-0.39, 0.29) is 12.3 Å². The lowest BCUT2D eigenvalue weighted by atomic mass is 9.80. The predicted molar refractivity (Wildman–Crippen MR) is 68.4 cm³/mol. The second-order valence-electron chi connectivity index (χ2n) is 5.01. The van der Waals surface area contributed by atoms with Gasteiger partial charge in [-0.2, -0.15) is 0 Å². The molecule has 0 amide bonds. The van der Waals surface area contributed by atoms with Crippen LogP contribution in [0.25, 0.3) is 0 Å². The summed E-state index contributed by atoms with van der Waals surface area (Å²) < 4.78 is 10.9. The Kier molecular flexibility index (Phi) is 3.66. The Morgan fingerprint density at radius 3 is 2.53 bits per heavy atom. The van der Waals surface area contributed by atoms with Crippen LogP contribution in [0.2, 0.25) is 0 Å². The molecule has 0 fully saturated rings. The molecule has 1 heterocycles. The number of ether oxygens (including phenoxy) is 2. The van der Waals surface area contributed by atoms with Crippen molar-refractivity contribution in [1.82, 2.24) is 0 Å². The first-order valence-electron chi connectivity index (χ1n) is 6.28. The van der Waals surface area contributed by atoms with Crippen molar-refractivity contribution in [3.8, 4) is 11.5 Å². The molecule has 19 heavy (non-hydrogen) atoms. The summed E-state index contributed by atoms with van der Waals surface area (Å²) in [5.41, 5.74) is -0.879. The second-order valence-corrected chi connectivity index (χ2v) is 5.01. The van der Waals surface area contributed by atoms with E-state index in [1.54, 1.807) is 32.0 Å². The van der Waals surface area contributed by atoms with Crippen molar-refractivity contribution in [3.63, 3.8) is 0 Å². The zero-order valence-corrected chi connectivity index (χ0v) is 11.0. The van der Waals surface area contributed by atoms with Gasteiger partial charge in [0.2, 0.25) is 0 Å². The van der Waals surface area contributed by atoms with Crippen LogP contribution in [-0.2, 0) is 10.4 Å². The molecule has 0 saturated heterocycles. The van der Waals surface area contributed by atoms with Gasteiger partial charge in [0.15, 0.2) is 11.5 Å². The lowest BCUT2D eigenvalue weighted by molar-refractivity contribution is -0.145. The fourth-order valence-electron chi connectivity index (χ4n) is 2.18. The molecular weight excluding hydrogens is 248 g/mol. The van der Waals surface area contributed by atoms with E-state index in [4.69, 9.17) is 14.6 Å². The van der Waals surface area contributed by atoms with Crippen LogP contribution in [0.4, 0.5) is 0 Å². The van der Waals surface area contributed by atoms with Gasteiger partial charge in [-0.3, -0.25) is 4.79 Å². The minimum Gasteiger partial charge on any atom is -0.486 e. The van der Waals surface area contributed by atoms with Gasteiger partial charge in [-0.1, -0.05) is 19.9 Å². The maximum Gasteiger partial charge on any atom is 0.306 e. The molecule has 1 aliphatic heterocycles. The van der Waals surface area contributed by atoms with Gasteiger partial charge in [-0.05, 0) is 23.6 Å². The summed E-state index contributed by atoms with van der Waals surface area (Å²) in [5, 5.41) is 19.6. The van der Waals surface area contributed by atoms with Gasteiger partial charge in [-0.25, -0.2) is 0 Å². The third-order valence-corrected chi connectivity index (χ3v) is 3.42. The molecule has 0 radical (unpaired) electrons. The van der Waals surface area contributed by atoms with E-state index < -0.39 is 11.6 Å². The van der Waals surface area contributed by atoms with Crippen molar-refractivity contribution < 1.29 is 24.5 Å². The molecule has 2 N–H and O–H groups in total. The zero-order chi connectivity index (χ0) is 14.0. The van der Waals surface area contributed by atoms with Gasteiger partial charge in [0, 0.05) is 0 Å². The number of carboxylic acid groups (broad SMARTS) is 1. The second kappa shape index (κ2) is 5.09. The van der Waals surface area contributed by atoms with E-state index in [0.29, 0.717) is 30.3 Å². The van der Waals surface area contributed by atoms with Crippen molar-refractivity contribution in [3.05, 3.63) is 23.8 Å². The van der Waals surface area contributed by atoms with Crippen LogP contribution in [0.5, 0.6) is 11.5 Å². The molecule has 0 bridgehead atoms. The maximum absolute atomic E-state index is 11.0. The van der Waals surface area contributed by atoms with Crippen LogP contribution < -0.4 is 9.47 Å². The maximum atomic E-state index is 11.0. The van der Waals surface area contributed by atoms with E-state index in [9.17, 15) is 9.90 Å². The number of aliphatic carboxylic acids is 1. The average molecular weight is 266 g/mol. The topological polar surface area (TPSA) is 76.0 Å². The molecule has 0 aromatic heterocycles. The van der Waals surface area contributed by atoms with Crippen LogP contribution in [-0.4, -0.2) is 29.4 Å². The molecule has 1 aromatic rings. The molecule has 104 valence electrons. The monoisotopic (exact) mass is 266 g/mol. The SMILES string of the molecule is CC(C)C(O)(CC(=O)O)c1ccc2c(c1)OCCO2. The summed E-state index contributed by atoms with van der Waals surface area (Å²) in [6.45, 7) is 4.53. The van der Waals surface area contributed by atoms with E-state index in [1.807, 2.05) is 0 Å². The molecular formula is C14H18O5. The molecule has 0 spiro atoms. The van der Waals surface area contributed by atoms with E-state index in [2.05, 4.69) is 0 Å². The number of hydrogen-bond acceptors (Lipinski definition) is 4. The van der Waals surface area contributed by atoms with Gasteiger partial charge in [0.1, 0.15) is 18.8 Å². The van der Waals surface area contributed by atoms with Crippen molar-refractivity contribution >= 4 is 5.97 Å². The first-order chi connectivity index (χ1) is 8.93. The number of carboxylic acids is 1. The highest BCUT2D eigenvalue weighted by atomic mass is 16.6. The fourth-order valence-corrected chi connectivity index (χ4v) is 2.18. The minimum atomic E-state index is -1.42. The quantitative estimate of drug-likeness (QED) is 0.868. The Labute approximate surface area is 111 Å². The first kappa shape index (κ1) is 13.7. The Balaban J connectivity index is 2.39. The molecule has 0 aliphatic carbocycles. The van der Waals surface area contributed by atoms with Gasteiger partial charge >= 0.3 is 5.97 Å². The van der Waals surface area contributed by atoms with E-state index >= 15 is 0 Å². The van der Waals surface area contributed by atoms with Gasteiger partial charge in [0.25, 0.3) is 0 Å². The number of aliphatic hydroxyl groups is 1. The summed E-state index contributed by atoms with van der Waals surface area (Å²) in [6, 6.07) is 5.06. The zero-order valence-electron chi connectivity index (χ0n) is 11.0. The van der Waals surface area contributed by atoms with Crippen molar-refractivity contribution in [2.45, 2.75) is 25.9 Å². The summed E-state index contributed by atoms with van der Waals surface area (Å²) in [6.07, 6.45) is -0.343. The molecule has 5 nitrogen and oxygen atoms in total. The van der Waals surface area contributed by atoms with Gasteiger partial charge < -0.3 is 19.7 Å². The molecule has 2 rings (SSSR count). The number of benzene rings is 1. The van der Waals surface area contributed by atoms with E-state index in [1.165, 1.54) is 0 Å². The average Bonchev–Trinajstić information content (AvgIpc) is 2.37. The third-order valence-electron chi connectivity index (χ3n) is 3.42. The Morgan fingerprint density at radius 2 is 1.95 bits per heavy atom. The Hall–Kier alpha value is -1.75. The van der Waals surface area contributed by atoms with Crippen LogP contribution in [0, 0.1) is 5.92 Å². The molecule has 0 saturated carbocycles. The smallest absolute Gasteiger partial charge is 0.306 e. The summed E-state index contributed by atoms with van der Waals surface area (Å²) in [4.78, 5) is 11.0. The lowest BCUT2D eigenvalue weighted by Gasteiger charge is -2.32. The summed E-state index contributed by atoms with van der Waals surface area (Å²) in [5.74, 6) is -0.0955. The molecule has 1 aliphatic rings. The highest BCUT2D eigenvalue weighted by Crippen LogP contribution is 2.39. The number of carbonyl (C=O) groups is 1. The first-order valence-corrected chi connectivity index (χ1v) is 6.28. The van der Waals surface area contributed by atoms with Crippen molar-refractivity contribution in [1.29, 1.82) is 0 Å². The van der Waals surface area contributed by atoms with Crippen molar-refractivity contribution in [2.24, 2.45) is 5.92 Å². The van der Waals surface area contributed by atoms with Gasteiger partial charge in [0.05, 0.1) is 6.42 Å². The molecule has 1 aromatic carbocycles. The highest BCUT2D eigenvalue weighted by molar-refractivity contribution is 5.69. The summed E-state index contributed by atoms with van der Waals surface area (Å²) >= 11 is 0. The lowest BCUT2D eigenvalue weighted by Crippen LogP contribution is -2.35. The van der Waals surface area contributed by atoms with Crippen LogP contribution in [0.15, 0.2) is 18.2 Å². The largest absolute Gasteiger partial charge is 0.486 e. The minimum absolute atomic E-state index is 0.230. The number of hydrogen-bond donors (Lipinski definition) is 2. The highest BCUT2D eigenvalue weighted by Gasteiger charge is 2.36. The van der Waals surface area contributed by atoms with E-state index in [0.717, 1.165) is 0 Å². The Bertz CT molecular complexity index is 483. The van der Waals surface area contributed by atoms with Crippen LogP contribution >= 0.6 is 0 Å². The third kappa shape index (κ3) is 2.66. The predicted octanol–water partition coefficient (Wildman–Crippen LogP) is 1.78. The van der Waals surface area contributed by atoms with Crippen LogP contribution in [0.1, 0.15) is 25.8 Å². The normalized spacial score (nSPS) is 17.1.